The summed E-state index contributed by atoms with van der Waals surface area (Å²) in [6, 6.07) is 1.69. The van der Waals surface area contributed by atoms with Gasteiger partial charge in [-0.15, -0.1) is 0 Å². The minimum Gasteiger partial charge on any atom is -0.385 e. The molecule has 15 heavy (non-hydrogen) atoms. The SMILES string of the molecule is CCc1cc(CC(O)C(F)(F)Cl)n(C)n1. The molecule has 0 amide bonds. The number of hydrogen-bond donors (Lipinski definition) is 1. The Morgan fingerprint density at radius 1 is 1.67 bits per heavy atom. The number of aromatic nitrogens is 2. The van der Waals surface area contributed by atoms with Crippen molar-refractivity contribution >= 4 is 11.6 Å². The first-order chi connectivity index (χ1) is 6.84. The molecule has 1 aromatic heterocycles. The van der Waals surface area contributed by atoms with Gasteiger partial charge in [0.2, 0.25) is 0 Å². The van der Waals surface area contributed by atoms with Gasteiger partial charge in [0.1, 0.15) is 6.10 Å². The second-order valence-electron chi connectivity index (χ2n) is 3.37. The first kappa shape index (κ1) is 12.4. The average Bonchev–Trinajstić information content (AvgIpc) is 2.45. The van der Waals surface area contributed by atoms with Gasteiger partial charge in [-0.25, -0.2) is 0 Å². The minimum absolute atomic E-state index is 0.208. The Morgan fingerprint density at radius 2 is 2.27 bits per heavy atom. The second-order valence-corrected chi connectivity index (χ2v) is 3.87. The standard InChI is InChI=1S/C9H13ClF2N2O/c1-3-6-4-7(14(2)13-6)5-8(15)9(10,11)12/h4,8,15H,3,5H2,1-2H3. The maximum absolute atomic E-state index is 12.5. The van der Waals surface area contributed by atoms with Crippen LogP contribution in [0.5, 0.6) is 0 Å². The molecule has 1 N–H and O–H groups in total. The molecular weight excluding hydrogens is 226 g/mol. The van der Waals surface area contributed by atoms with Crippen LogP contribution >= 0.6 is 11.6 Å². The average molecular weight is 239 g/mol. The number of alkyl halides is 3. The van der Waals surface area contributed by atoms with Crippen LogP contribution in [0.25, 0.3) is 0 Å². The Balaban J connectivity index is 2.76. The molecular formula is C9H13ClF2N2O. The Bertz CT molecular complexity index is 335. The molecule has 1 aromatic rings. The van der Waals surface area contributed by atoms with E-state index in [9.17, 15) is 8.78 Å². The lowest BCUT2D eigenvalue weighted by atomic mass is 10.2. The van der Waals surface area contributed by atoms with E-state index in [-0.39, 0.29) is 6.42 Å². The van der Waals surface area contributed by atoms with Crippen LogP contribution in [0.3, 0.4) is 0 Å². The van der Waals surface area contributed by atoms with Gasteiger partial charge in [-0.05, 0) is 24.1 Å². The molecule has 0 aliphatic heterocycles. The summed E-state index contributed by atoms with van der Waals surface area (Å²) in [6.07, 6.45) is -1.37. The maximum Gasteiger partial charge on any atom is 0.347 e. The first-order valence-corrected chi connectivity index (χ1v) is 4.99. The maximum atomic E-state index is 12.5. The van der Waals surface area contributed by atoms with Crippen LogP contribution in [0.15, 0.2) is 6.07 Å². The molecule has 0 spiro atoms. The highest BCUT2D eigenvalue weighted by Gasteiger charge is 2.36. The summed E-state index contributed by atoms with van der Waals surface area (Å²) in [5.41, 5.74) is 1.34. The molecule has 86 valence electrons. The second kappa shape index (κ2) is 4.45. The molecule has 0 aromatic carbocycles. The zero-order valence-electron chi connectivity index (χ0n) is 8.54. The van der Waals surface area contributed by atoms with Gasteiger partial charge in [0.15, 0.2) is 0 Å². The van der Waals surface area contributed by atoms with Gasteiger partial charge in [0.25, 0.3) is 0 Å². The molecule has 0 radical (unpaired) electrons. The molecule has 0 bridgehead atoms. The van der Waals surface area contributed by atoms with Crippen molar-refractivity contribution in [3.8, 4) is 0 Å². The summed E-state index contributed by atoms with van der Waals surface area (Å²) < 4.78 is 26.5. The van der Waals surface area contributed by atoms with E-state index in [1.165, 1.54) is 4.68 Å². The fourth-order valence-electron chi connectivity index (χ4n) is 1.25. The molecule has 0 aliphatic rings. The van der Waals surface area contributed by atoms with Gasteiger partial charge in [-0.1, -0.05) is 6.92 Å². The van der Waals surface area contributed by atoms with Crippen molar-refractivity contribution < 1.29 is 13.9 Å². The van der Waals surface area contributed by atoms with E-state index in [4.69, 9.17) is 16.7 Å². The predicted molar refractivity (Wildman–Crippen MR) is 53.1 cm³/mol. The number of nitrogens with zero attached hydrogens (tertiary/aromatic N) is 2. The van der Waals surface area contributed by atoms with Crippen molar-refractivity contribution in [2.75, 3.05) is 0 Å². The highest BCUT2D eigenvalue weighted by atomic mass is 35.5. The third kappa shape index (κ3) is 3.14. The molecule has 0 aliphatic carbocycles. The summed E-state index contributed by atoms with van der Waals surface area (Å²) in [4.78, 5) is 0. The fourth-order valence-corrected chi connectivity index (χ4v) is 1.33. The van der Waals surface area contributed by atoms with Gasteiger partial charge in [0, 0.05) is 19.2 Å². The topological polar surface area (TPSA) is 38.0 Å². The van der Waals surface area contributed by atoms with Crippen LogP contribution in [-0.4, -0.2) is 26.4 Å². The summed E-state index contributed by atoms with van der Waals surface area (Å²) in [7, 11) is 1.65. The Labute approximate surface area is 91.7 Å². The molecule has 1 rings (SSSR count). The fraction of sp³-hybridized carbons (Fsp3) is 0.667. The van der Waals surface area contributed by atoms with Crippen molar-refractivity contribution in [1.29, 1.82) is 0 Å². The quantitative estimate of drug-likeness (QED) is 0.812. The van der Waals surface area contributed by atoms with E-state index in [2.05, 4.69) is 5.10 Å². The van der Waals surface area contributed by atoms with Gasteiger partial charge in [-0.3, -0.25) is 4.68 Å². The van der Waals surface area contributed by atoms with Crippen molar-refractivity contribution in [3.05, 3.63) is 17.5 Å². The highest BCUT2D eigenvalue weighted by molar-refractivity contribution is 6.22. The number of halogens is 3. The lowest BCUT2D eigenvalue weighted by Gasteiger charge is -2.15. The number of aliphatic hydroxyl groups excluding tert-OH is 1. The van der Waals surface area contributed by atoms with Gasteiger partial charge in [-0.2, -0.15) is 13.9 Å². The molecule has 0 saturated heterocycles. The van der Waals surface area contributed by atoms with Crippen LogP contribution in [0.4, 0.5) is 8.78 Å². The minimum atomic E-state index is -3.60. The van der Waals surface area contributed by atoms with E-state index in [0.29, 0.717) is 5.69 Å². The van der Waals surface area contributed by atoms with Crippen molar-refractivity contribution in [3.63, 3.8) is 0 Å². The van der Waals surface area contributed by atoms with Crippen molar-refractivity contribution in [2.24, 2.45) is 7.05 Å². The summed E-state index contributed by atoms with van der Waals surface area (Å²) in [5.74, 6) is 0. The summed E-state index contributed by atoms with van der Waals surface area (Å²) >= 11 is 4.71. The summed E-state index contributed by atoms with van der Waals surface area (Å²) in [5, 5.41) is 9.60. The molecule has 1 unspecified atom stereocenters. The lowest BCUT2D eigenvalue weighted by Crippen LogP contribution is -2.30. The zero-order valence-corrected chi connectivity index (χ0v) is 9.30. The lowest BCUT2D eigenvalue weighted by molar-refractivity contribution is -0.0405. The normalized spacial score (nSPS) is 14.3. The molecule has 3 nitrogen and oxygen atoms in total. The van der Waals surface area contributed by atoms with Crippen molar-refractivity contribution in [1.82, 2.24) is 9.78 Å². The highest BCUT2D eigenvalue weighted by Crippen LogP contribution is 2.26. The molecule has 6 heteroatoms. The summed E-state index contributed by atoms with van der Waals surface area (Å²) in [6.45, 7) is 1.92. The van der Waals surface area contributed by atoms with Gasteiger partial charge < -0.3 is 5.11 Å². The smallest absolute Gasteiger partial charge is 0.347 e. The van der Waals surface area contributed by atoms with Crippen LogP contribution in [0, 0.1) is 0 Å². The third-order valence-corrected chi connectivity index (χ3v) is 2.42. The third-order valence-electron chi connectivity index (χ3n) is 2.17. The van der Waals surface area contributed by atoms with E-state index in [0.717, 1.165) is 12.1 Å². The Kier molecular flexibility index (Phi) is 3.67. The van der Waals surface area contributed by atoms with Crippen LogP contribution in [-0.2, 0) is 19.9 Å². The van der Waals surface area contributed by atoms with Gasteiger partial charge in [0.05, 0.1) is 5.69 Å². The Hall–Kier alpha value is -0.680. The van der Waals surface area contributed by atoms with Crippen molar-refractivity contribution in [2.45, 2.75) is 31.3 Å². The molecule has 0 fully saturated rings. The van der Waals surface area contributed by atoms with Gasteiger partial charge >= 0.3 is 5.38 Å². The number of rotatable bonds is 4. The van der Waals surface area contributed by atoms with E-state index in [1.54, 1.807) is 13.1 Å². The van der Waals surface area contributed by atoms with E-state index >= 15 is 0 Å². The van der Waals surface area contributed by atoms with Crippen LogP contribution in [0.1, 0.15) is 18.3 Å². The van der Waals surface area contributed by atoms with E-state index < -0.39 is 11.5 Å². The number of aliphatic hydroxyl groups is 1. The van der Waals surface area contributed by atoms with E-state index in [1.807, 2.05) is 6.92 Å². The molecule has 1 heterocycles. The first-order valence-electron chi connectivity index (χ1n) is 4.61. The number of hydrogen-bond acceptors (Lipinski definition) is 2. The largest absolute Gasteiger partial charge is 0.385 e. The van der Waals surface area contributed by atoms with Crippen LogP contribution in [0.2, 0.25) is 0 Å². The monoisotopic (exact) mass is 238 g/mol. The zero-order chi connectivity index (χ0) is 11.6. The molecule has 1 atom stereocenters. The predicted octanol–water partition coefficient (Wildman–Crippen LogP) is 1.72. The van der Waals surface area contributed by atoms with Crippen LogP contribution < -0.4 is 0 Å². The molecule has 0 saturated carbocycles. The number of aryl methyl sites for hydroxylation is 2. The Morgan fingerprint density at radius 3 is 2.67 bits per heavy atom.